The van der Waals surface area contributed by atoms with E-state index >= 15 is 0 Å². The van der Waals surface area contributed by atoms with Gasteiger partial charge in [0.15, 0.2) is 0 Å². The average Bonchev–Trinajstić information content (AvgIpc) is 1.97. The second-order valence-electron chi connectivity index (χ2n) is 5.06. The Morgan fingerprint density at radius 1 is 1.07 bits per heavy atom. The molecule has 14 heavy (non-hydrogen) atoms. The number of carboxylic acid groups (broad SMARTS) is 1. The molecule has 0 saturated heterocycles. The van der Waals surface area contributed by atoms with Gasteiger partial charge in [0.2, 0.25) is 0 Å². The van der Waals surface area contributed by atoms with Crippen molar-refractivity contribution in [2.75, 3.05) is 0 Å². The van der Waals surface area contributed by atoms with Gasteiger partial charge in [-0.05, 0) is 37.0 Å². The molecule has 84 valence electrons. The minimum Gasteiger partial charge on any atom is -0.481 e. The summed E-state index contributed by atoms with van der Waals surface area (Å²) < 4.78 is 0. The normalized spacial score (nSPS) is 11.6. The van der Waals surface area contributed by atoms with Crippen LogP contribution in [0.1, 0.15) is 53.4 Å². The zero-order valence-corrected chi connectivity index (χ0v) is 9.92. The van der Waals surface area contributed by atoms with E-state index < -0.39 is 5.97 Å². The SMILES string of the molecule is CC(C)CC(CCC(=O)O)CC(C)C. The minimum atomic E-state index is -0.664. The summed E-state index contributed by atoms with van der Waals surface area (Å²) >= 11 is 0. The summed E-state index contributed by atoms with van der Waals surface area (Å²) in [5.74, 6) is 1.27. The lowest BCUT2D eigenvalue weighted by Crippen LogP contribution is -2.10. The van der Waals surface area contributed by atoms with Crippen LogP contribution in [0.3, 0.4) is 0 Å². The molecular formula is C12H24O2. The molecule has 0 unspecified atom stereocenters. The first-order valence-electron chi connectivity index (χ1n) is 5.63. The fourth-order valence-electron chi connectivity index (χ4n) is 1.99. The lowest BCUT2D eigenvalue weighted by atomic mass is 9.86. The van der Waals surface area contributed by atoms with Crippen molar-refractivity contribution in [1.82, 2.24) is 0 Å². The molecular weight excluding hydrogens is 176 g/mol. The smallest absolute Gasteiger partial charge is 0.303 e. The summed E-state index contributed by atoms with van der Waals surface area (Å²) in [6, 6.07) is 0. The number of hydrogen-bond acceptors (Lipinski definition) is 1. The highest BCUT2D eigenvalue weighted by molar-refractivity contribution is 5.66. The van der Waals surface area contributed by atoms with E-state index in [2.05, 4.69) is 27.7 Å². The van der Waals surface area contributed by atoms with Crippen LogP contribution in [0.15, 0.2) is 0 Å². The lowest BCUT2D eigenvalue weighted by molar-refractivity contribution is -0.137. The van der Waals surface area contributed by atoms with Crippen LogP contribution < -0.4 is 0 Å². The fourth-order valence-corrected chi connectivity index (χ4v) is 1.99. The Labute approximate surface area is 87.7 Å². The van der Waals surface area contributed by atoms with Gasteiger partial charge in [-0.1, -0.05) is 27.7 Å². The molecule has 0 aliphatic heterocycles. The second-order valence-corrected chi connectivity index (χ2v) is 5.06. The van der Waals surface area contributed by atoms with E-state index in [-0.39, 0.29) is 0 Å². The molecule has 0 aliphatic carbocycles. The van der Waals surface area contributed by atoms with Gasteiger partial charge in [0.25, 0.3) is 0 Å². The maximum atomic E-state index is 10.5. The van der Waals surface area contributed by atoms with Crippen LogP contribution in [0.4, 0.5) is 0 Å². The Morgan fingerprint density at radius 2 is 1.50 bits per heavy atom. The third-order valence-electron chi connectivity index (χ3n) is 2.38. The maximum absolute atomic E-state index is 10.5. The third kappa shape index (κ3) is 8.09. The van der Waals surface area contributed by atoms with Gasteiger partial charge in [0, 0.05) is 6.42 Å². The topological polar surface area (TPSA) is 37.3 Å². The van der Waals surface area contributed by atoms with Crippen LogP contribution in [-0.2, 0) is 4.79 Å². The third-order valence-corrected chi connectivity index (χ3v) is 2.38. The lowest BCUT2D eigenvalue weighted by Gasteiger charge is -2.20. The van der Waals surface area contributed by atoms with Gasteiger partial charge in [-0.2, -0.15) is 0 Å². The molecule has 0 rings (SSSR count). The standard InChI is InChI=1S/C12H24O2/c1-9(2)7-11(8-10(3)4)5-6-12(13)14/h9-11H,5-8H2,1-4H3,(H,13,14). The number of aliphatic carboxylic acids is 1. The summed E-state index contributed by atoms with van der Waals surface area (Å²) in [6.45, 7) is 8.81. The summed E-state index contributed by atoms with van der Waals surface area (Å²) in [5.41, 5.74) is 0. The molecule has 0 radical (unpaired) electrons. The van der Waals surface area contributed by atoms with Crippen LogP contribution in [0.2, 0.25) is 0 Å². The molecule has 0 spiro atoms. The van der Waals surface area contributed by atoms with Gasteiger partial charge in [0.1, 0.15) is 0 Å². The Balaban J connectivity index is 3.90. The highest BCUT2D eigenvalue weighted by Gasteiger charge is 2.14. The molecule has 0 bridgehead atoms. The fraction of sp³-hybridized carbons (Fsp3) is 0.917. The summed E-state index contributed by atoms with van der Waals surface area (Å²) in [5, 5.41) is 8.63. The predicted octanol–water partition coefficient (Wildman–Crippen LogP) is 3.56. The molecule has 0 aromatic heterocycles. The van der Waals surface area contributed by atoms with Crippen molar-refractivity contribution < 1.29 is 9.90 Å². The van der Waals surface area contributed by atoms with E-state index in [1.165, 1.54) is 0 Å². The summed E-state index contributed by atoms with van der Waals surface area (Å²) in [4.78, 5) is 10.5. The number of carboxylic acids is 1. The molecule has 0 heterocycles. The van der Waals surface area contributed by atoms with Gasteiger partial charge < -0.3 is 5.11 Å². The van der Waals surface area contributed by atoms with Crippen molar-refractivity contribution in [3.05, 3.63) is 0 Å². The zero-order valence-electron chi connectivity index (χ0n) is 9.92. The molecule has 0 amide bonds. The van der Waals surface area contributed by atoms with Crippen molar-refractivity contribution in [2.45, 2.75) is 53.4 Å². The molecule has 0 aliphatic rings. The highest BCUT2D eigenvalue weighted by atomic mass is 16.4. The average molecular weight is 200 g/mol. The largest absolute Gasteiger partial charge is 0.481 e. The van der Waals surface area contributed by atoms with Crippen LogP contribution in [-0.4, -0.2) is 11.1 Å². The van der Waals surface area contributed by atoms with E-state index in [0.717, 1.165) is 19.3 Å². The van der Waals surface area contributed by atoms with Gasteiger partial charge in [-0.25, -0.2) is 0 Å². The molecule has 0 fully saturated rings. The number of carbonyl (C=O) groups is 1. The van der Waals surface area contributed by atoms with E-state index in [9.17, 15) is 4.79 Å². The Hall–Kier alpha value is -0.530. The van der Waals surface area contributed by atoms with Crippen molar-refractivity contribution in [1.29, 1.82) is 0 Å². The Morgan fingerprint density at radius 3 is 1.79 bits per heavy atom. The molecule has 0 atom stereocenters. The predicted molar refractivity (Wildman–Crippen MR) is 59.3 cm³/mol. The van der Waals surface area contributed by atoms with Gasteiger partial charge in [0.05, 0.1) is 0 Å². The number of hydrogen-bond donors (Lipinski definition) is 1. The van der Waals surface area contributed by atoms with Crippen LogP contribution in [0, 0.1) is 17.8 Å². The zero-order chi connectivity index (χ0) is 11.1. The van der Waals surface area contributed by atoms with Crippen LogP contribution >= 0.6 is 0 Å². The summed E-state index contributed by atoms with van der Waals surface area (Å²) in [6.07, 6.45) is 3.48. The highest BCUT2D eigenvalue weighted by Crippen LogP contribution is 2.24. The first kappa shape index (κ1) is 13.5. The van der Waals surface area contributed by atoms with Gasteiger partial charge in [-0.3, -0.25) is 4.79 Å². The Bertz CT molecular complexity index is 152. The van der Waals surface area contributed by atoms with E-state index in [0.29, 0.717) is 24.2 Å². The second kappa shape index (κ2) is 6.86. The van der Waals surface area contributed by atoms with E-state index in [1.54, 1.807) is 0 Å². The first-order chi connectivity index (χ1) is 6.41. The molecule has 0 saturated carbocycles. The molecule has 1 N–H and O–H groups in total. The van der Waals surface area contributed by atoms with Crippen molar-refractivity contribution in [3.63, 3.8) is 0 Å². The van der Waals surface area contributed by atoms with Crippen LogP contribution in [0.5, 0.6) is 0 Å². The van der Waals surface area contributed by atoms with Crippen molar-refractivity contribution >= 4 is 5.97 Å². The molecule has 0 aromatic rings. The van der Waals surface area contributed by atoms with Crippen molar-refractivity contribution in [3.8, 4) is 0 Å². The number of rotatable bonds is 7. The molecule has 0 aromatic carbocycles. The maximum Gasteiger partial charge on any atom is 0.303 e. The minimum absolute atomic E-state index is 0.324. The van der Waals surface area contributed by atoms with Crippen molar-refractivity contribution in [2.24, 2.45) is 17.8 Å². The van der Waals surface area contributed by atoms with Gasteiger partial charge in [-0.15, -0.1) is 0 Å². The quantitative estimate of drug-likeness (QED) is 0.682. The van der Waals surface area contributed by atoms with E-state index in [1.807, 2.05) is 0 Å². The van der Waals surface area contributed by atoms with Crippen LogP contribution in [0.25, 0.3) is 0 Å². The van der Waals surface area contributed by atoms with Gasteiger partial charge >= 0.3 is 5.97 Å². The molecule has 2 heteroatoms. The molecule has 2 nitrogen and oxygen atoms in total. The summed E-state index contributed by atoms with van der Waals surface area (Å²) in [7, 11) is 0. The van der Waals surface area contributed by atoms with E-state index in [4.69, 9.17) is 5.11 Å². The Kier molecular flexibility index (Phi) is 6.60. The monoisotopic (exact) mass is 200 g/mol. The first-order valence-corrected chi connectivity index (χ1v) is 5.63.